The zero-order valence-corrected chi connectivity index (χ0v) is 7.68. The molecule has 1 aromatic rings. The van der Waals surface area contributed by atoms with Gasteiger partial charge in [-0.05, 0) is 30.2 Å². The molecule has 0 aliphatic carbocycles. The molecule has 1 radical (unpaired) electrons. The highest BCUT2D eigenvalue weighted by Crippen LogP contribution is 2.27. The van der Waals surface area contributed by atoms with E-state index in [1.54, 1.807) is 20.3 Å². The normalized spacial score (nSPS) is 9.58. The first kappa shape index (κ1) is 8.91. The Bertz CT molecular complexity index is 256. The number of rotatable bonds is 3. The van der Waals surface area contributed by atoms with E-state index >= 15 is 0 Å². The molecule has 0 atom stereocenters. The highest BCUT2D eigenvalue weighted by atomic mass is 16.5. The fourth-order valence-corrected chi connectivity index (χ4v) is 1.02. The second-order valence-corrected chi connectivity index (χ2v) is 2.45. The minimum Gasteiger partial charge on any atom is -0.493 e. The quantitative estimate of drug-likeness (QED) is 0.682. The number of benzene rings is 1. The molecule has 0 unspecified atom stereocenters. The Morgan fingerprint density at radius 3 is 2.42 bits per heavy atom. The predicted octanol–water partition coefficient (Wildman–Crippen LogP) is 2.07. The van der Waals surface area contributed by atoms with Crippen molar-refractivity contribution in [2.45, 2.75) is 13.3 Å². The summed E-state index contributed by atoms with van der Waals surface area (Å²) in [6, 6.07) is 6.85. The Balaban J connectivity index is 3.02. The number of methoxy groups -OCH3 is 2. The van der Waals surface area contributed by atoms with Crippen LogP contribution in [0.3, 0.4) is 0 Å². The molecule has 2 nitrogen and oxygen atoms in total. The fourth-order valence-electron chi connectivity index (χ4n) is 1.02. The molecule has 2 heteroatoms. The lowest BCUT2D eigenvalue weighted by Gasteiger charge is -2.07. The van der Waals surface area contributed by atoms with E-state index in [-0.39, 0.29) is 0 Å². The van der Waals surface area contributed by atoms with Crippen LogP contribution in [0.1, 0.15) is 12.5 Å². The Kier molecular flexibility index (Phi) is 2.97. The van der Waals surface area contributed by atoms with Gasteiger partial charge in [-0.3, -0.25) is 0 Å². The molecule has 0 spiro atoms. The van der Waals surface area contributed by atoms with Gasteiger partial charge in [0.1, 0.15) is 0 Å². The van der Waals surface area contributed by atoms with Gasteiger partial charge in [0.05, 0.1) is 14.2 Å². The van der Waals surface area contributed by atoms with Crippen LogP contribution in [0.5, 0.6) is 11.5 Å². The summed E-state index contributed by atoms with van der Waals surface area (Å²) in [6.07, 6.45) is 0.959. The van der Waals surface area contributed by atoms with Gasteiger partial charge in [0.2, 0.25) is 0 Å². The van der Waals surface area contributed by atoms with E-state index in [2.05, 4.69) is 13.0 Å². The van der Waals surface area contributed by atoms with Crippen molar-refractivity contribution in [1.29, 1.82) is 0 Å². The van der Waals surface area contributed by atoms with E-state index in [9.17, 15) is 0 Å². The summed E-state index contributed by atoms with van der Waals surface area (Å²) in [6.45, 7) is 2.08. The van der Waals surface area contributed by atoms with E-state index in [0.717, 1.165) is 23.5 Å². The molecule has 0 aromatic heterocycles. The van der Waals surface area contributed by atoms with Crippen molar-refractivity contribution < 1.29 is 9.47 Å². The third-order valence-electron chi connectivity index (χ3n) is 1.76. The molecule has 0 aliphatic heterocycles. The van der Waals surface area contributed by atoms with Crippen LogP contribution in [0.2, 0.25) is 0 Å². The zero-order chi connectivity index (χ0) is 8.97. The second-order valence-electron chi connectivity index (χ2n) is 2.45. The van der Waals surface area contributed by atoms with E-state index in [0.29, 0.717) is 0 Å². The van der Waals surface area contributed by atoms with Crippen molar-refractivity contribution in [3.8, 4) is 11.5 Å². The molecular formula is C10H13O2. The van der Waals surface area contributed by atoms with Crippen LogP contribution in [0, 0.1) is 6.07 Å². The van der Waals surface area contributed by atoms with Crippen LogP contribution in [-0.2, 0) is 6.42 Å². The molecule has 0 fully saturated rings. The second kappa shape index (κ2) is 4.00. The van der Waals surface area contributed by atoms with Gasteiger partial charge in [-0.2, -0.15) is 0 Å². The summed E-state index contributed by atoms with van der Waals surface area (Å²) >= 11 is 0. The van der Waals surface area contributed by atoms with Gasteiger partial charge in [-0.1, -0.05) is 6.92 Å². The topological polar surface area (TPSA) is 18.5 Å². The van der Waals surface area contributed by atoms with Crippen molar-refractivity contribution >= 4 is 0 Å². The van der Waals surface area contributed by atoms with E-state index in [1.807, 2.05) is 6.07 Å². The van der Waals surface area contributed by atoms with E-state index < -0.39 is 0 Å². The lowest BCUT2D eigenvalue weighted by molar-refractivity contribution is 0.354. The summed E-state index contributed by atoms with van der Waals surface area (Å²) in [4.78, 5) is 0. The summed E-state index contributed by atoms with van der Waals surface area (Å²) < 4.78 is 10.2. The van der Waals surface area contributed by atoms with Crippen molar-refractivity contribution in [2.75, 3.05) is 14.2 Å². The lowest BCUT2D eigenvalue weighted by atomic mass is 10.1. The Morgan fingerprint density at radius 2 is 1.92 bits per heavy atom. The van der Waals surface area contributed by atoms with Crippen LogP contribution in [0.15, 0.2) is 12.1 Å². The summed E-state index contributed by atoms with van der Waals surface area (Å²) in [5.41, 5.74) is 1.13. The Hall–Kier alpha value is -1.18. The molecule has 1 rings (SSSR count). The van der Waals surface area contributed by atoms with Crippen LogP contribution in [0.4, 0.5) is 0 Å². The molecule has 0 saturated heterocycles. The summed E-state index contributed by atoms with van der Waals surface area (Å²) in [7, 11) is 3.26. The monoisotopic (exact) mass is 165 g/mol. The minimum atomic E-state index is 0.731. The van der Waals surface area contributed by atoms with E-state index in [1.165, 1.54) is 0 Å². The van der Waals surface area contributed by atoms with Crippen LogP contribution in [0.25, 0.3) is 0 Å². The SMILES string of the molecule is CCc1[c]cc(OC)c(OC)c1. The first-order valence-corrected chi connectivity index (χ1v) is 3.94. The molecule has 0 saturated carbocycles. The average molecular weight is 165 g/mol. The summed E-state index contributed by atoms with van der Waals surface area (Å²) in [5, 5.41) is 0. The standard InChI is InChI=1S/C10H13O2/c1-4-8-5-6-9(11-2)10(7-8)12-3/h6-7H,4H2,1-3H3. The van der Waals surface area contributed by atoms with Crippen LogP contribution in [-0.4, -0.2) is 14.2 Å². The Morgan fingerprint density at radius 1 is 1.25 bits per heavy atom. The first-order chi connectivity index (χ1) is 5.81. The molecule has 0 bridgehead atoms. The third kappa shape index (κ3) is 1.70. The maximum Gasteiger partial charge on any atom is 0.161 e. The molecule has 65 valence electrons. The predicted molar refractivity (Wildman–Crippen MR) is 47.8 cm³/mol. The molecule has 12 heavy (non-hydrogen) atoms. The number of hydrogen-bond donors (Lipinski definition) is 0. The minimum absolute atomic E-state index is 0.731. The van der Waals surface area contributed by atoms with Gasteiger partial charge in [-0.15, -0.1) is 0 Å². The average Bonchev–Trinajstić information content (AvgIpc) is 2.16. The molecule has 1 aromatic carbocycles. The van der Waals surface area contributed by atoms with E-state index in [4.69, 9.17) is 9.47 Å². The van der Waals surface area contributed by atoms with Gasteiger partial charge in [-0.25, -0.2) is 0 Å². The summed E-state index contributed by atoms with van der Waals surface area (Å²) in [5.74, 6) is 1.50. The number of hydrogen-bond acceptors (Lipinski definition) is 2. The molecule has 0 heterocycles. The maximum atomic E-state index is 5.13. The highest BCUT2D eigenvalue weighted by molar-refractivity contribution is 5.42. The van der Waals surface area contributed by atoms with Crippen molar-refractivity contribution in [3.05, 3.63) is 23.8 Å². The van der Waals surface area contributed by atoms with Gasteiger partial charge < -0.3 is 9.47 Å². The maximum absolute atomic E-state index is 5.13. The van der Waals surface area contributed by atoms with Gasteiger partial charge in [0.25, 0.3) is 0 Å². The number of aryl methyl sites for hydroxylation is 1. The first-order valence-electron chi connectivity index (χ1n) is 3.94. The largest absolute Gasteiger partial charge is 0.493 e. The molecular weight excluding hydrogens is 152 g/mol. The van der Waals surface area contributed by atoms with Gasteiger partial charge in [0, 0.05) is 0 Å². The molecule has 0 amide bonds. The highest BCUT2D eigenvalue weighted by Gasteiger charge is 2.02. The van der Waals surface area contributed by atoms with Crippen molar-refractivity contribution in [3.63, 3.8) is 0 Å². The van der Waals surface area contributed by atoms with Gasteiger partial charge in [0.15, 0.2) is 11.5 Å². The van der Waals surface area contributed by atoms with Crippen molar-refractivity contribution in [1.82, 2.24) is 0 Å². The lowest BCUT2D eigenvalue weighted by Crippen LogP contribution is -1.91. The van der Waals surface area contributed by atoms with Crippen molar-refractivity contribution in [2.24, 2.45) is 0 Å². The Labute approximate surface area is 73.1 Å². The van der Waals surface area contributed by atoms with Crippen LogP contribution < -0.4 is 9.47 Å². The molecule has 0 N–H and O–H groups in total. The fraction of sp³-hybridized carbons (Fsp3) is 0.400. The van der Waals surface area contributed by atoms with Crippen LogP contribution >= 0.6 is 0 Å². The number of ether oxygens (including phenoxy) is 2. The zero-order valence-electron chi connectivity index (χ0n) is 7.68. The molecule has 0 aliphatic rings. The van der Waals surface area contributed by atoms with Gasteiger partial charge >= 0.3 is 0 Å². The smallest absolute Gasteiger partial charge is 0.161 e. The third-order valence-corrected chi connectivity index (χ3v) is 1.76.